The van der Waals surface area contributed by atoms with E-state index in [9.17, 15) is 26.4 Å². The molecule has 0 saturated heterocycles. The van der Waals surface area contributed by atoms with Crippen molar-refractivity contribution in [1.29, 1.82) is 0 Å². The van der Waals surface area contributed by atoms with E-state index in [-0.39, 0.29) is 6.07 Å². The van der Waals surface area contributed by atoms with Crippen molar-refractivity contribution >= 4 is 10.0 Å². The quantitative estimate of drug-likeness (QED) is 0.770. The average molecular weight is 242 g/mol. The van der Waals surface area contributed by atoms with Crippen LogP contribution in [-0.2, 0) is 10.0 Å². The van der Waals surface area contributed by atoms with Crippen molar-refractivity contribution in [3.8, 4) is 0 Å². The molecule has 1 rings (SSSR count). The highest BCUT2D eigenvalue weighted by Crippen LogP contribution is 2.19. The lowest BCUT2D eigenvalue weighted by molar-refractivity contribution is 0.140. The molecular weight excluding hydrogens is 237 g/mol. The van der Waals surface area contributed by atoms with Gasteiger partial charge < -0.3 is 4.98 Å². The van der Waals surface area contributed by atoms with Crippen molar-refractivity contribution in [2.75, 3.05) is 0 Å². The van der Waals surface area contributed by atoms with E-state index in [4.69, 9.17) is 0 Å². The van der Waals surface area contributed by atoms with Crippen molar-refractivity contribution in [2.24, 2.45) is 5.14 Å². The molecule has 3 N–H and O–H groups in total. The Morgan fingerprint density at radius 1 is 1.40 bits per heavy atom. The van der Waals surface area contributed by atoms with Gasteiger partial charge in [0.1, 0.15) is 16.4 Å². The van der Waals surface area contributed by atoms with E-state index in [1.54, 1.807) is 0 Å². The first-order chi connectivity index (χ1) is 6.73. The van der Waals surface area contributed by atoms with Crippen molar-refractivity contribution in [3.63, 3.8) is 0 Å². The molecule has 0 radical (unpaired) electrons. The number of alkyl halides is 2. The maximum absolute atomic E-state index is 12.8. The van der Waals surface area contributed by atoms with Crippen LogP contribution in [0.2, 0.25) is 0 Å². The lowest BCUT2D eigenvalue weighted by atomic mass is 10.3. The zero-order valence-electron chi connectivity index (χ0n) is 7.00. The number of hydrogen-bond donors (Lipinski definition) is 2. The normalized spacial score (nSPS) is 12.1. The van der Waals surface area contributed by atoms with Crippen molar-refractivity contribution in [1.82, 2.24) is 4.98 Å². The van der Waals surface area contributed by atoms with E-state index < -0.39 is 38.4 Å². The number of aromatic nitrogens is 1. The summed E-state index contributed by atoms with van der Waals surface area (Å²) in [5, 5.41) is 4.55. The van der Waals surface area contributed by atoms with Crippen LogP contribution in [-0.4, -0.2) is 13.4 Å². The molecule has 84 valence electrons. The van der Waals surface area contributed by atoms with Crippen LogP contribution >= 0.6 is 0 Å². The third-order valence-corrected chi connectivity index (χ3v) is 2.43. The van der Waals surface area contributed by atoms with Crippen LogP contribution in [0, 0.1) is 5.82 Å². The monoisotopic (exact) mass is 242 g/mol. The maximum atomic E-state index is 12.8. The molecule has 0 aromatic carbocycles. The minimum absolute atomic E-state index is 0.162. The molecule has 1 aromatic rings. The Balaban J connectivity index is 3.53. The Morgan fingerprint density at radius 3 is 2.33 bits per heavy atom. The lowest BCUT2D eigenvalue weighted by Crippen LogP contribution is -2.25. The van der Waals surface area contributed by atoms with Gasteiger partial charge in [0, 0.05) is 6.07 Å². The van der Waals surface area contributed by atoms with Gasteiger partial charge in [-0.1, -0.05) is 0 Å². The van der Waals surface area contributed by atoms with E-state index in [0.29, 0.717) is 0 Å². The first kappa shape index (κ1) is 11.7. The highest BCUT2D eigenvalue weighted by Gasteiger charge is 2.21. The molecule has 0 unspecified atom stereocenters. The smallest absolute Gasteiger partial charge is 0.281 e. The fourth-order valence-corrected chi connectivity index (χ4v) is 1.45. The topological polar surface area (TPSA) is 93.0 Å². The van der Waals surface area contributed by atoms with Crippen LogP contribution in [0.15, 0.2) is 15.8 Å². The van der Waals surface area contributed by atoms with Crippen LogP contribution in [0.1, 0.15) is 12.1 Å². The number of hydrogen-bond acceptors (Lipinski definition) is 3. The average Bonchev–Trinajstić information content (AvgIpc) is 2.06. The summed E-state index contributed by atoms with van der Waals surface area (Å²) in [5.41, 5.74) is -2.65. The molecule has 0 aliphatic heterocycles. The molecule has 15 heavy (non-hydrogen) atoms. The van der Waals surface area contributed by atoms with Gasteiger partial charge in [-0.2, -0.15) is 0 Å². The van der Waals surface area contributed by atoms with Crippen LogP contribution in [0.3, 0.4) is 0 Å². The lowest BCUT2D eigenvalue weighted by Gasteiger charge is -2.03. The largest absolute Gasteiger partial charge is 0.317 e. The molecule has 1 heterocycles. The van der Waals surface area contributed by atoms with Crippen LogP contribution in [0.4, 0.5) is 13.2 Å². The van der Waals surface area contributed by atoms with Crippen LogP contribution in [0.5, 0.6) is 0 Å². The summed E-state index contributed by atoms with van der Waals surface area (Å²) < 4.78 is 58.3. The third-order valence-electron chi connectivity index (χ3n) is 1.51. The summed E-state index contributed by atoms with van der Waals surface area (Å²) >= 11 is 0. The van der Waals surface area contributed by atoms with Gasteiger partial charge in [-0.3, -0.25) is 4.79 Å². The summed E-state index contributed by atoms with van der Waals surface area (Å²) in [6.45, 7) is 0. The zero-order valence-corrected chi connectivity index (χ0v) is 7.82. The van der Waals surface area contributed by atoms with Crippen LogP contribution in [0.25, 0.3) is 0 Å². The molecule has 1 aromatic heterocycles. The van der Waals surface area contributed by atoms with Gasteiger partial charge in [-0.05, 0) is 0 Å². The molecule has 0 atom stereocenters. The molecule has 0 aliphatic rings. The number of aromatic amines is 1. The van der Waals surface area contributed by atoms with Gasteiger partial charge in [0.15, 0.2) is 0 Å². The van der Waals surface area contributed by atoms with Crippen molar-refractivity contribution in [2.45, 2.75) is 11.3 Å². The van der Waals surface area contributed by atoms with Crippen molar-refractivity contribution < 1.29 is 21.6 Å². The summed E-state index contributed by atoms with van der Waals surface area (Å²) in [4.78, 5) is 11.2. The first-order valence-corrected chi connectivity index (χ1v) is 5.02. The minimum atomic E-state index is -4.43. The molecule has 0 aliphatic carbocycles. The van der Waals surface area contributed by atoms with E-state index in [1.165, 1.54) is 4.98 Å². The predicted octanol–water partition coefficient (Wildman–Crippen LogP) is 0.0990. The molecule has 0 amide bonds. The molecule has 9 heteroatoms. The number of sulfonamides is 1. The molecule has 0 saturated carbocycles. The van der Waals surface area contributed by atoms with Gasteiger partial charge in [0.05, 0.1) is 0 Å². The molecular formula is C6H5F3N2O3S. The van der Waals surface area contributed by atoms with E-state index >= 15 is 0 Å². The summed E-state index contributed by atoms with van der Waals surface area (Å²) in [6.07, 6.45) is -3.24. The number of primary sulfonamides is 1. The minimum Gasteiger partial charge on any atom is -0.317 e. The van der Waals surface area contributed by atoms with Gasteiger partial charge in [-0.25, -0.2) is 26.7 Å². The first-order valence-electron chi connectivity index (χ1n) is 3.47. The number of H-pyrrole nitrogens is 1. The number of nitrogens with one attached hydrogen (secondary N) is 1. The Labute approximate surface area is 81.8 Å². The van der Waals surface area contributed by atoms with E-state index in [0.717, 1.165) is 0 Å². The summed E-state index contributed by atoms with van der Waals surface area (Å²) in [7, 11) is -4.43. The summed E-state index contributed by atoms with van der Waals surface area (Å²) in [6, 6.07) is 0.162. The third kappa shape index (κ3) is 2.36. The highest BCUT2D eigenvalue weighted by molar-refractivity contribution is 7.89. The highest BCUT2D eigenvalue weighted by atomic mass is 32.2. The Morgan fingerprint density at radius 2 is 1.93 bits per heavy atom. The standard InChI is InChI=1S/C6H5F3N2O3S/c7-2-1-3(15(10,13)14)6(12)11-4(2)5(8)9/h1,5H,(H,11,12)(H2,10,13,14). The maximum Gasteiger partial charge on any atom is 0.281 e. The van der Waals surface area contributed by atoms with E-state index in [1.807, 2.05) is 0 Å². The second-order valence-corrected chi connectivity index (χ2v) is 4.10. The number of halogens is 3. The number of nitrogens with two attached hydrogens (primary N) is 1. The second-order valence-electron chi connectivity index (χ2n) is 2.57. The molecule has 0 spiro atoms. The SMILES string of the molecule is NS(=O)(=O)c1cc(F)c(C(F)F)[nH]c1=O. The van der Waals surface area contributed by atoms with Gasteiger partial charge >= 0.3 is 0 Å². The molecule has 0 bridgehead atoms. The predicted molar refractivity (Wildman–Crippen MR) is 43.4 cm³/mol. The van der Waals surface area contributed by atoms with Gasteiger partial charge in [-0.15, -0.1) is 0 Å². The van der Waals surface area contributed by atoms with Gasteiger partial charge in [0.25, 0.3) is 12.0 Å². The zero-order chi connectivity index (χ0) is 11.8. The second kappa shape index (κ2) is 3.66. The van der Waals surface area contributed by atoms with E-state index in [2.05, 4.69) is 5.14 Å². The fraction of sp³-hybridized carbons (Fsp3) is 0.167. The molecule has 5 nitrogen and oxygen atoms in total. The number of rotatable bonds is 2. The molecule has 0 fully saturated rings. The van der Waals surface area contributed by atoms with Gasteiger partial charge in [0.2, 0.25) is 10.0 Å². The Kier molecular flexibility index (Phi) is 2.86. The van der Waals surface area contributed by atoms with Crippen molar-refractivity contribution in [3.05, 3.63) is 27.9 Å². The van der Waals surface area contributed by atoms with Crippen LogP contribution < -0.4 is 10.7 Å². The number of pyridine rings is 1. The fourth-order valence-electron chi connectivity index (χ4n) is 0.872. The summed E-state index contributed by atoms with van der Waals surface area (Å²) in [5.74, 6) is -1.53. The Hall–Kier alpha value is -1.35. The Bertz CT molecular complexity index is 537.